The number of benzene rings is 1. The molecule has 3 rings (SSSR count). The number of anilines is 1. The van der Waals surface area contributed by atoms with E-state index >= 15 is 0 Å². The zero-order chi connectivity index (χ0) is 16.4. The number of thioether (sulfide) groups is 1. The molecule has 0 spiro atoms. The molecule has 0 aliphatic carbocycles. The van der Waals surface area contributed by atoms with Crippen LogP contribution in [0.4, 0.5) is 10.5 Å². The fourth-order valence-corrected chi connectivity index (χ4v) is 3.61. The van der Waals surface area contributed by atoms with Crippen LogP contribution in [-0.4, -0.2) is 48.3 Å². The molecule has 0 bridgehead atoms. The Morgan fingerprint density at radius 2 is 1.83 bits per heavy atom. The van der Waals surface area contributed by atoms with Gasteiger partial charge in [0.2, 0.25) is 0 Å². The Labute approximate surface area is 140 Å². The maximum Gasteiger partial charge on any atom is 0.290 e. The third-order valence-corrected chi connectivity index (χ3v) is 5.06. The first-order valence-corrected chi connectivity index (χ1v) is 8.69. The summed E-state index contributed by atoms with van der Waals surface area (Å²) in [7, 11) is 0. The lowest BCUT2D eigenvalue weighted by Gasteiger charge is -2.38. The van der Waals surface area contributed by atoms with Gasteiger partial charge in [0.1, 0.15) is 0 Å². The van der Waals surface area contributed by atoms with Crippen molar-refractivity contribution in [2.45, 2.75) is 19.9 Å². The minimum absolute atomic E-state index is 0.302. The first-order valence-electron chi connectivity index (χ1n) is 7.87. The summed E-state index contributed by atoms with van der Waals surface area (Å²) in [6.07, 6.45) is 1.81. The summed E-state index contributed by atoms with van der Waals surface area (Å²) in [5.41, 5.74) is 2.11. The van der Waals surface area contributed by atoms with Gasteiger partial charge in [0.25, 0.3) is 11.1 Å². The second kappa shape index (κ2) is 6.76. The largest absolute Gasteiger partial charge is 0.368 e. The summed E-state index contributed by atoms with van der Waals surface area (Å²) in [4.78, 5) is 28.4. The Kier molecular flexibility index (Phi) is 4.73. The highest BCUT2D eigenvalue weighted by atomic mass is 32.2. The fraction of sp³-hybridized carbons (Fsp3) is 0.412. The number of para-hydroxylation sites is 1. The van der Waals surface area contributed by atoms with E-state index < -0.39 is 0 Å². The van der Waals surface area contributed by atoms with E-state index in [0.29, 0.717) is 10.9 Å². The Bertz CT molecular complexity index is 649. The van der Waals surface area contributed by atoms with Crippen LogP contribution < -0.4 is 10.2 Å². The summed E-state index contributed by atoms with van der Waals surface area (Å²) in [5, 5.41) is 2.00. The smallest absolute Gasteiger partial charge is 0.290 e. The molecule has 2 aliphatic rings. The summed E-state index contributed by atoms with van der Waals surface area (Å²) < 4.78 is 0. The molecule has 1 aromatic rings. The molecule has 23 heavy (non-hydrogen) atoms. The molecule has 2 fully saturated rings. The molecule has 1 aromatic carbocycles. The van der Waals surface area contributed by atoms with Crippen LogP contribution in [0.3, 0.4) is 0 Å². The van der Waals surface area contributed by atoms with Crippen LogP contribution in [0.1, 0.15) is 19.4 Å². The minimum Gasteiger partial charge on any atom is -0.368 e. The number of nitrogens with one attached hydrogen (secondary N) is 1. The van der Waals surface area contributed by atoms with E-state index in [0.717, 1.165) is 49.2 Å². The monoisotopic (exact) mass is 331 g/mol. The summed E-state index contributed by atoms with van der Waals surface area (Å²) in [6.45, 7) is 8.46. The topological polar surface area (TPSA) is 52.6 Å². The van der Waals surface area contributed by atoms with Gasteiger partial charge in [0.15, 0.2) is 0 Å². The molecule has 2 saturated heterocycles. The van der Waals surface area contributed by atoms with Crippen molar-refractivity contribution in [1.29, 1.82) is 0 Å². The van der Waals surface area contributed by atoms with Crippen molar-refractivity contribution in [3.63, 3.8) is 0 Å². The summed E-state index contributed by atoms with van der Waals surface area (Å²) in [5.74, 6) is -0.306. The number of carbonyl (C=O) groups is 2. The third-order valence-electron chi connectivity index (χ3n) is 4.25. The second-order valence-corrected chi connectivity index (χ2v) is 7.04. The van der Waals surface area contributed by atoms with Crippen LogP contribution in [0.5, 0.6) is 0 Å². The Morgan fingerprint density at radius 1 is 1.13 bits per heavy atom. The minimum atomic E-state index is -0.306. The van der Waals surface area contributed by atoms with Crippen LogP contribution in [0.25, 0.3) is 6.08 Å². The molecule has 0 radical (unpaired) electrons. The van der Waals surface area contributed by atoms with Gasteiger partial charge in [-0.25, -0.2) is 0 Å². The number of piperazine rings is 1. The molecule has 2 amide bonds. The average Bonchev–Trinajstić information content (AvgIpc) is 2.85. The molecular weight excluding hydrogens is 310 g/mol. The van der Waals surface area contributed by atoms with Crippen LogP contribution in [0.15, 0.2) is 29.2 Å². The van der Waals surface area contributed by atoms with Crippen molar-refractivity contribution in [2.24, 2.45) is 0 Å². The maximum atomic E-state index is 11.8. The van der Waals surface area contributed by atoms with E-state index in [1.54, 1.807) is 0 Å². The first-order chi connectivity index (χ1) is 11.0. The molecule has 6 heteroatoms. The molecule has 122 valence electrons. The predicted octanol–water partition coefficient (Wildman–Crippen LogP) is 2.54. The standard InChI is InChI=1S/C17H21N3O2S/c1-12(2)19-7-9-20(10-8-19)14-6-4-3-5-13(14)11-15-16(21)18-17(22)23-15/h3-6,11-12H,7-10H2,1-2H3,(H,18,21,22)/b15-11-. The van der Waals surface area contributed by atoms with Crippen LogP contribution in [0, 0.1) is 0 Å². The fourth-order valence-electron chi connectivity index (χ4n) is 2.94. The highest BCUT2D eigenvalue weighted by Gasteiger charge is 2.26. The SMILES string of the molecule is CC(C)N1CCN(c2ccccc2/C=C2\SC(=O)NC2=O)CC1. The van der Waals surface area contributed by atoms with Gasteiger partial charge in [-0.1, -0.05) is 18.2 Å². The number of carbonyl (C=O) groups excluding carboxylic acids is 2. The lowest BCUT2D eigenvalue weighted by atomic mass is 10.1. The van der Waals surface area contributed by atoms with Gasteiger partial charge >= 0.3 is 0 Å². The predicted molar refractivity (Wildman–Crippen MR) is 94.5 cm³/mol. The highest BCUT2D eigenvalue weighted by Crippen LogP contribution is 2.30. The van der Waals surface area contributed by atoms with Gasteiger partial charge in [0, 0.05) is 37.9 Å². The van der Waals surface area contributed by atoms with Gasteiger partial charge in [-0.15, -0.1) is 0 Å². The van der Waals surface area contributed by atoms with E-state index in [9.17, 15) is 9.59 Å². The van der Waals surface area contributed by atoms with Crippen LogP contribution >= 0.6 is 11.8 Å². The van der Waals surface area contributed by atoms with Crippen LogP contribution in [-0.2, 0) is 4.79 Å². The number of nitrogens with zero attached hydrogens (tertiary/aromatic N) is 2. The summed E-state index contributed by atoms with van der Waals surface area (Å²) >= 11 is 0.963. The van der Waals surface area contributed by atoms with Gasteiger partial charge in [-0.05, 0) is 43.3 Å². The third kappa shape index (κ3) is 3.59. The van der Waals surface area contributed by atoms with Crippen molar-refractivity contribution < 1.29 is 9.59 Å². The van der Waals surface area contributed by atoms with Gasteiger partial charge in [-0.2, -0.15) is 0 Å². The van der Waals surface area contributed by atoms with Crippen molar-refractivity contribution in [3.8, 4) is 0 Å². The van der Waals surface area contributed by atoms with E-state index in [1.807, 2.05) is 24.3 Å². The number of hydrogen-bond acceptors (Lipinski definition) is 5. The normalized spacial score (nSPS) is 21.3. The first kappa shape index (κ1) is 16.1. The van der Waals surface area contributed by atoms with Crippen molar-refractivity contribution in [3.05, 3.63) is 34.7 Å². The van der Waals surface area contributed by atoms with Crippen molar-refractivity contribution in [2.75, 3.05) is 31.1 Å². The number of hydrogen-bond donors (Lipinski definition) is 1. The lowest BCUT2D eigenvalue weighted by Crippen LogP contribution is -2.49. The molecule has 0 atom stereocenters. The van der Waals surface area contributed by atoms with Crippen molar-refractivity contribution >= 4 is 34.7 Å². The van der Waals surface area contributed by atoms with Gasteiger partial charge in [-0.3, -0.25) is 19.8 Å². The molecular formula is C17H21N3O2S. The number of rotatable bonds is 3. The lowest BCUT2D eigenvalue weighted by molar-refractivity contribution is -0.115. The Morgan fingerprint density at radius 3 is 2.43 bits per heavy atom. The molecule has 2 heterocycles. The maximum absolute atomic E-state index is 11.8. The number of imide groups is 1. The van der Waals surface area contributed by atoms with E-state index in [2.05, 4.69) is 35.0 Å². The van der Waals surface area contributed by atoms with Crippen LogP contribution in [0.2, 0.25) is 0 Å². The van der Waals surface area contributed by atoms with Crippen molar-refractivity contribution in [1.82, 2.24) is 10.2 Å². The second-order valence-electron chi connectivity index (χ2n) is 6.03. The van der Waals surface area contributed by atoms with Gasteiger partial charge < -0.3 is 4.90 Å². The average molecular weight is 331 g/mol. The molecule has 5 nitrogen and oxygen atoms in total. The molecule has 2 aliphatic heterocycles. The van der Waals surface area contributed by atoms with E-state index in [1.165, 1.54) is 0 Å². The zero-order valence-corrected chi connectivity index (χ0v) is 14.2. The molecule has 0 aromatic heterocycles. The Balaban J connectivity index is 1.81. The van der Waals surface area contributed by atoms with E-state index in [4.69, 9.17) is 0 Å². The molecule has 1 N–H and O–H groups in total. The molecule has 0 unspecified atom stereocenters. The number of amides is 2. The van der Waals surface area contributed by atoms with Gasteiger partial charge in [0.05, 0.1) is 4.91 Å². The zero-order valence-electron chi connectivity index (χ0n) is 13.4. The highest BCUT2D eigenvalue weighted by molar-refractivity contribution is 8.18. The summed E-state index contributed by atoms with van der Waals surface area (Å²) in [6, 6.07) is 8.61. The quantitative estimate of drug-likeness (QED) is 0.863. The molecule has 0 saturated carbocycles. The van der Waals surface area contributed by atoms with E-state index in [-0.39, 0.29) is 11.1 Å². The Hall–Kier alpha value is -1.79.